The molecule has 2 aromatic heterocycles. The average Bonchev–Trinajstić information content (AvgIpc) is 3.59. The van der Waals surface area contributed by atoms with Gasteiger partial charge in [0.25, 0.3) is 0 Å². The monoisotopic (exact) mass is 627 g/mol. The minimum Gasteiger partial charge on any atom is -0.459 e. The Morgan fingerprint density at radius 3 is 2.02 bits per heavy atom. The number of fused-ring (bicyclic) bond motifs is 1. The van der Waals surface area contributed by atoms with Crippen LogP contribution in [0.1, 0.15) is 44.2 Å². The smallest absolute Gasteiger partial charge is 0.338 e. The standard InChI is InChI=1S/C32H26ClN5O7/c1-32(45-29(41)21-15-9-4-10-16-21)24(44-28(40)20-13-7-3-8-14-20)22(17-42-27(39)19-11-5-2-6-12-19)43-30(32)38-18-35-23-25(33)36-31(34)37-26(23)38/h2-16,18,22,24,30H,17H2,1H3,(H2,34,36,37)/t22-,24?,30-,32?/m1/s1. The highest BCUT2D eigenvalue weighted by Crippen LogP contribution is 2.45. The van der Waals surface area contributed by atoms with Gasteiger partial charge in [0.05, 0.1) is 23.0 Å². The van der Waals surface area contributed by atoms with Crippen molar-refractivity contribution in [3.05, 3.63) is 119 Å². The SMILES string of the molecule is CC1(OC(=O)c2ccccc2)C(OC(=O)c2ccccc2)[C@@H](COC(=O)c2ccccc2)O[C@H]1n1cnc2c(Cl)nc(N)nc21. The van der Waals surface area contributed by atoms with Crippen molar-refractivity contribution in [1.82, 2.24) is 19.5 Å². The van der Waals surface area contributed by atoms with Crippen molar-refractivity contribution in [2.75, 3.05) is 12.3 Å². The summed E-state index contributed by atoms with van der Waals surface area (Å²) in [5.41, 5.74) is 5.35. The molecule has 45 heavy (non-hydrogen) atoms. The zero-order chi connectivity index (χ0) is 31.6. The number of imidazole rings is 1. The van der Waals surface area contributed by atoms with Crippen molar-refractivity contribution in [3.63, 3.8) is 0 Å². The minimum atomic E-state index is -1.74. The Labute approximate surface area is 261 Å². The number of aromatic nitrogens is 4. The molecule has 228 valence electrons. The van der Waals surface area contributed by atoms with E-state index in [1.807, 2.05) is 0 Å². The van der Waals surface area contributed by atoms with Crippen molar-refractivity contribution < 1.29 is 33.3 Å². The summed E-state index contributed by atoms with van der Waals surface area (Å²) in [5, 5.41) is -0.00220. The zero-order valence-electron chi connectivity index (χ0n) is 23.8. The van der Waals surface area contributed by atoms with Crippen molar-refractivity contribution in [1.29, 1.82) is 0 Å². The first-order chi connectivity index (χ1) is 21.7. The Morgan fingerprint density at radius 2 is 1.42 bits per heavy atom. The van der Waals surface area contributed by atoms with E-state index in [2.05, 4.69) is 15.0 Å². The van der Waals surface area contributed by atoms with Crippen LogP contribution in [0.25, 0.3) is 11.2 Å². The normalized spacial score (nSPS) is 20.9. The summed E-state index contributed by atoms with van der Waals surface area (Å²) < 4.78 is 25.7. The molecule has 1 aliphatic rings. The van der Waals surface area contributed by atoms with Crippen LogP contribution in [-0.2, 0) is 18.9 Å². The fourth-order valence-corrected chi connectivity index (χ4v) is 5.35. The second-order valence-corrected chi connectivity index (χ2v) is 10.7. The fraction of sp³-hybridized carbons (Fsp3) is 0.188. The molecule has 1 aliphatic heterocycles. The van der Waals surface area contributed by atoms with Crippen LogP contribution in [0.2, 0.25) is 5.15 Å². The Kier molecular flexibility index (Phi) is 8.16. The van der Waals surface area contributed by atoms with E-state index in [9.17, 15) is 14.4 Å². The topological polar surface area (TPSA) is 158 Å². The largest absolute Gasteiger partial charge is 0.459 e. The zero-order valence-corrected chi connectivity index (χ0v) is 24.5. The van der Waals surface area contributed by atoms with Crippen LogP contribution in [-0.4, -0.2) is 61.8 Å². The Morgan fingerprint density at radius 1 is 0.867 bits per heavy atom. The van der Waals surface area contributed by atoms with Crippen LogP contribution < -0.4 is 5.73 Å². The van der Waals surface area contributed by atoms with Crippen LogP contribution >= 0.6 is 11.6 Å². The lowest BCUT2D eigenvalue weighted by Gasteiger charge is -2.34. The maximum absolute atomic E-state index is 13.6. The number of hydrogen-bond acceptors (Lipinski definition) is 11. The van der Waals surface area contributed by atoms with Gasteiger partial charge in [0.15, 0.2) is 28.7 Å². The number of rotatable bonds is 8. The maximum Gasteiger partial charge on any atom is 0.338 e. The summed E-state index contributed by atoms with van der Waals surface area (Å²) in [6.45, 7) is 1.19. The van der Waals surface area contributed by atoms with Gasteiger partial charge in [0, 0.05) is 0 Å². The second-order valence-electron chi connectivity index (χ2n) is 10.3. The molecule has 3 aromatic carbocycles. The highest BCUT2D eigenvalue weighted by Gasteiger charge is 2.60. The molecule has 1 saturated heterocycles. The highest BCUT2D eigenvalue weighted by atomic mass is 35.5. The first-order valence-electron chi connectivity index (χ1n) is 13.8. The average molecular weight is 628 g/mol. The number of hydrogen-bond donors (Lipinski definition) is 1. The number of benzene rings is 3. The van der Waals surface area contributed by atoms with Crippen LogP contribution in [0.5, 0.6) is 0 Å². The molecule has 6 rings (SSSR count). The first-order valence-corrected chi connectivity index (χ1v) is 14.2. The van der Waals surface area contributed by atoms with Gasteiger partial charge in [-0.25, -0.2) is 19.4 Å². The van der Waals surface area contributed by atoms with Gasteiger partial charge in [-0.15, -0.1) is 0 Å². The van der Waals surface area contributed by atoms with Gasteiger partial charge in [-0.2, -0.15) is 9.97 Å². The van der Waals surface area contributed by atoms with Crippen molar-refractivity contribution in [3.8, 4) is 0 Å². The van der Waals surface area contributed by atoms with Crippen LogP contribution in [0, 0.1) is 0 Å². The number of anilines is 1. The molecule has 0 bridgehead atoms. The van der Waals surface area contributed by atoms with E-state index in [0.29, 0.717) is 5.56 Å². The number of nitrogens with zero attached hydrogens (tertiary/aromatic N) is 4. The van der Waals surface area contributed by atoms with E-state index in [4.69, 9.17) is 36.3 Å². The number of nitrogens with two attached hydrogens (primary N) is 1. The quantitative estimate of drug-likeness (QED) is 0.145. The lowest BCUT2D eigenvalue weighted by atomic mass is 9.95. The van der Waals surface area contributed by atoms with Gasteiger partial charge in [0.2, 0.25) is 5.95 Å². The summed E-state index contributed by atoms with van der Waals surface area (Å²) in [7, 11) is 0. The molecule has 12 nitrogen and oxygen atoms in total. The van der Waals surface area contributed by atoms with Crippen LogP contribution in [0.4, 0.5) is 5.95 Å². The number of carbonyl (C=O) groups excluding carboxylic acids is 3. The van der Waals surface area contributed by atoms with E-state index in [-0.39, 0.29) is 40.0 Å². The fourth-order valence-electron chi connectivity index (χ4n) is 5.13. The number of carbonyl (C=O) groups is 3. The molecule has 0 spiro atoms. The van der Waals surface area contributed by atoms with E-state index >= 15 is 0 Å². The lowest BCUT2D eigenvalue weighted by molar-refractivity contribution is -0.108. The first kappa shape index (κ1) is 29.7. The van der Waals surface area contributed by atoms with E-state index in [0.717, 1.165) is 0 Å². The van der Waals surface area contributed by atoms with Crippen molar-refractivity contribution in [2.45, 2.75) is 31.0 Å². The Bertz CT molecular complexity index is 1860. The molecule has 0 radical (unpaired) electrons. The van der Waals surface area contributed by atoms with Gasteiger partial charge in [0.1, 0.15) is 18.2 Å². The van der Waals surface area contributed by atoms with Gasteiger partial charge < -0.3 is 24.7 Å². The number of halogens is 1. The summed E-state index contributed by atoms with van der Waals surface area (Å²) in [4.78, 5) is 52.5. The Hall–Kier alpha value is -5.33. The van der Waals surface area contributed by atoms with E-state index in [1.54, 1.807) is 97.9 Å². The molecule has 0 aliphatic carbocycles. The van der Waals surface area contributed by atoms with Gasteiger partial charge >= 0.3 is 17.9 Å². The Balaban J connectivity index is 1.43. The molecule has 13 heteroatoms. The summed E-state index contributed by atoms with van der Waals surface area (Å²) in [5.74, 6) is -2.18. The van der Waals surface area contributed by atoms with Gasteiger partial charge in [-0.05, 0) is 43.3 Å². The molecule has 2 N–H and O–H groups in total. The lowest BCUT2D eigenvalue weighted by Crippen LogP contribution is -2.50. The third-order valence-corrected chi connectivity index (χ3v) is 7.56. The molecular weight excluding hydrogens is 602 g/mol. The highest BCUT2D eigenvalue weighted by molar-refractivity contribution is 6.33. The minimum absolute atomic E-state index is 0.00220. The third kappa shape index (κ3) is 5.93. The van der Waals surface area contributed by atoms with Crippen molar-refractivity contribution in [2.24, 2.45) is 0 Å². The maximum atomic E-state index is 13.6. The van der Waals surface area contributed by atoms with Crippen LogP contribution in [0.15, 0.2) is 97.3 Å². The molecule has 0 amide bonds. The molecule has 4 atom stereocenters. The van der Waals surface area contributed by atoms with E-state index < -0.39 is 41.9 Å². The van der Waals surface area contributed by atoms with E-state index in [1.165, 1.54) is 10.9 Å². The van der Waals surface area contributed by atoms with Crippen molar-refractivity contribution >= 4 is 46.6 Å². The second kappa shape index (κ2) is 12.3. The molecule has 3 heterocycles. The van der Waals surface area contributed by atoms with Crippen LogP contribution in [0.3, 0.4) is 0 Å². The number of esters is 3. The molecule has 2 unspecified atom stereocenters. The molecule has 5 aromatic rings. The molecule has 0 saturated carbocycles. The summed E-state index contributed by atoms with van der Waals surface area (Å²) in [6, 6.07) is 25.0. The van der Waals surface area contributed by atoms with Gasteiger partial charge in [-0.1, -0.05) is 66.2 Å². The number of ether oxygens (including phenoxy) is 4. The third-order valence-electron chi connectivity index (χ3n) is 7.30. The van der Waals surface area contributed by atoms with Gasteiger partial charge in [-0.3, -0.25) is 4.57 Å². The molecular formula is C32H26ClN5O7. The predicted molar refractivity (Wildman–Crippen MR) is 161 cm³/mol. The number of nitrogen functional groups attached to an aromatic ring is 1. The predicted octanol–water partition coefficient (Wildman–Crippen LogP) is 4.66. The molecule has 1 fully saturated rings. The summed E-state index contributed by atoms with van der Waals surface area (Å²) >= 11 is 6.29. The summed E-state index contributed by atoms with van der Waals surface area (Å²) in [6.07, 6.45) is -2.25.